The van der Waals surface area contributed by atoms with E-state index >= 15 is 0 Å². The van der Waals surface area contributed by atoms with Crippen molar-refractivity contribution < 1.29 is 48.2 Å². The van der Waals surface area contributed by atoms with Crippen LogP contribution >= 0.6 is 0 Å². The van der Waals surface area contributed by atoms with Crippen LogP contribution in [0.2, 0.25) is 0 Å². The van der Waals surface area contributed by atoms with Gasteiger partial charge in [0.25, 0.3) is 0 Å². The quantitative estimate of drug-likeness (QED) is 0.741. The number of aromatic amines is 1. The van der Waals surface area contributed by atoms with E-state index < -0.39 is 31.1 Å². The van der Waals surface area contributed by atoms with Crippen LogP contribution in [0.15, 0.2) is 24.4 Å². The maximum atomic E-state index is 11.4. The van der Waals surface area contributed by atoms with E-state index in [2.05, 4.69) is 18.0 Å². The summed E-state index contributed by atoms with van der Waals surface area (Å²) in [6, 6.07) is 6.11. The van der Waals surface area contributed by atoms with Gasteiger partial charge in [0.15, 0.2) is 31.9 Å². The van der Waals surface area contributed by atoms with Crippen LogP contribution in [-0.2, 0) is 26.5 Å². The van der Waals surface area contributed by atoms with E-state index in [1.54, 1.807) is 0 Å². The van der Waals surface area contributed by atoms with Crippen molar-refractivity contribution in [2.75, 3.05) is 0 Å². The van der Waals surface area contributed by atoms with E-state index in [0.717, 1.165) is 10.5 Å². The van der Waals surface area contributed by atoms with E-state index in [0.29, 0.717) is 0 Å². The molecule has 0 unspecified atom stereocenters. The summed E-state index contributed by atoms with van der Waals surface area (Å²) >= 11 is 0. The minimum atomic E-state index is -6.72. The van der Waals surface area contributed by atoms with Gasteiger partial charge < -0.3 is 4.13 Å². The highest BCUT2D eigenvalue weighted by Crippen LogP contribution is 2.36. The van der Waals surface area contributed by atoms with E-state index in [9.17, 15) is 43.2 Å². The number of halogens is 6. The molecule has 23 heavy (non-hydrogen) atoms. The molecule has 0 saturated heterocycles. The van der Waals surface area contributed by atoms with Gasteiger partial charge >= 0.3 is 11.0 Å². The van der Waals surface area contributed by atoms with Gasteiger partial charge in [-0.3, -0.25) is 0 Å². The Balaban J connectivity index is 0.000000502. The van der Waals surface area contributed by atoms with Crippen molar-refractivity contribution in [1.29, 1.82) is 0 Å². The zero-order valence-electron chi connectivity index (χ0n) is 11.2. The maximum Gasteiger partial charge on any atom is 0.480 e. The van der Waals surface area contributed by atoms with E-state index in [4.69, 9.17) is 0 Å². The Morgan fingerprint density at radius 2 is 1.39 bits per heavy atom. The number of hydrogen-bond donors (Lipinski definition) is 0. The second kappa shape index (κ2) is 7.44. The number of sulfonamides is 2. The summed E-state index contributed by atoms with van der Waals surface area (Å²) in [5.74, 6) is 0. The molecule has 0 atom stereocenters. The monoisotopic (exact) mass is 388 g/mol. The molecule has 0 aliphatic rings. The molecule has 1 heterocycles. The Labute approximate surface area is 127 Å². The summed E-state index contributed by atoms with van der Waals surface area (Å²) in [4.78, 5) is 3.12. The first kappa shape index (κ1) is 21.6. The van der Waals surface area contributed by atoms with E-state index in [1.165, 1.54) is 5.69 Å². The summed E-state index contributed by atoms with van der Waals surface area (Å²) in [7, 11) is -13.4. The second-order valence-corrected chi connectivity index (χ2v) is 7.08. The summed E-state index contributed by atoms with van der Waals surface area (Å²) in [5.41, 5.74) is -11.1. The molecule has 0 saturated carbocycles. The van der Waals surface area contributed by atoms with Crippen LogP contribution in [0.3, 0.4) is 0 Å². The Hall–Kier alpha value is -1.41. The number of pyridine rings is 1. The third-order valence-electron chi connectivity index (χ3n) is 1.94. The van der Waals surface area contributed by atoms with Gasteiger partial charge in [0.2, 0.25) is 0 Å². The van der Waals surface area contributed by atoms with Crippen molar-refractivity contribution in [3.8, 4) is 0 Å². The topological polar surface area (TPSA) is 96.5 Å². The molecule has 14 heteroatoms. The van der Waals surface area contributed by atoms with Crippen molar-refractivity contribution in [2.24, 2.45) is 0 Å². The molecule has 1 rings (SSSR count). The largest absolute Gasteiger partial charge is 0.480 e. The highest BCUT2D eigenvalue weighted by atomic mass is 32.3. The fourth-order valence-electron chi connectivity index (χ4n) is 0.864. The number of aromatic nitrogens is 1. The highest BCUT2D eigenvalue weighted by Gasteiger charge is 2.46. The van der Waals surface area contributed by atoms with E-state index in [-0.39, 0.29) is 0 Å². The van der Waals surface area contributed by atoms with Gasteiger partial charge in [0.05, 0.1) is 0 Å². The van der Waals surface area contributed by atoms with Gasteiger partial charge in [-0.25, -0.2) is 21.8 Å². The van der Waals surface area contributed by atoms with Gasteiger partial charge in [0, 0.05) is 18.6 Å². The van der Waals surface area contributed by atoms with Crippen LogP contribution in [0.5, 0.6) is 0 Å². The van der Waals surface area contributed by atoms with Crippen LogP contribution in [0.4, 0.5) is 26.3 Å². The molecule has 1 N–H and O–H groups in total. The average Bonchev–Trinajstić information content (AvgIpc) is 2.36. The predicted molar refractivity (Wildman–Crippen MR) is 65.7 cm³/mol. The zero-order valence-corrected chi connectivity index (χ0v) is 12.8. The predicted octanol–water partition coefficient (Wildman–Crippen LogP) is 2.12. The molecule has 0 amide bonds. The molecule has 0 radical (unpaired) electrons. The summed E-state index contributed by atoms with van der Waals surface area (Å²) < 4.78 is 109. The van der Waals surface area contributed by atoms with E-state index in [1.807, 2.05) is 18.3 Å². The lowest BCUT2D eigenvalue weighted by atomic mass is 10.3. The van der Waals surface area contributed by atoms with Gasteiger partial charge in [-0.1, -0.05) is 13.0 Å². The molecular formula is C9H10F6N2O4S2. The molecule has 0 bridgehead atoms. The Morgan fingerprint density at radius 1 is 0.957 bits per heavy atom. The normalized spacial score (nSPS) is 13.2. The lowest BCUT2D eigenvalue weighted by Crippen LogP contribution is -2.30. The molecule has 1 aromatic heterocycles. The molecule has 1 aromatic rings. The molecule has 6 nitrogen and oxygen atoms in total. The second-order valence-electron chi connectivity index (χ2n) is 3.66. The Bertz CT molecular complexity index is 656. The number of hydrogen-bond acceptors (Lipinski definition) is 4. The van der Waals surface area contributed by atoms with Crippen LogP contribution in [0, 0.1) is 0 Å². The minimum Gasteiger partial charge on any atom is -0.421 e. The third-order valence-corrected chi connectivity index (χ3v) is 4.68. The highest BCUT2D eigenvalue weighted by molar-refractivity contribution is 8.13. The lowest BCUT2D eigenvalue weighted by Gasteiger charge is -2.22. The van der Waals surface area contributed by atoms with Gasteiger partial charge in [-0.05, 0) is 0 Å². The standard InChI is InChI=1S/C7H9N.C2F6NO4S2/c1-2-7-5-3-4-6-8-7;3-1(4,5)14(10,11)9-15(12,13)2(6,7)8/h3-6H,2H2,1H3;/q;-1/p+1. The SMILES string of the molecule is CCc1cccc[nH+]1.O=S(=O)([N-]S(=O)(=O)C(F)(F)F)C(F)(F)F. The number of aryl methyl sites for hydroxylation is 1. The molecular weight excluding hydrogens is 378 g/mol. The van der Waals surface area contributed by atoms with Crippen molar-refractivity contribution in [1.82, 2.24) is 0 Å². The Kier molecular flexibility index (Phi) is 6.98. The summed E-state index contributed by atoms with van der Waals surface area (Å²) in [5, 5.41) is 0. The fourth-order valence-corrected chi connectivity index (χ4v) is 2.57. The van der Waals surface area contributed by atoms with Gasteiger partial charge in [-0.15, -0.1) is 0 Å². The van der Waals surface area contributed by atoms with Crippen molar-refractivity contribution in [3.63, 3.8) is 0 Å². The number of rotatable bonds is 3. The average molecular weight is 388 g/mol. The van der Waals surface area contributed by atoms with Crippen LogP contribution in [-0.4, -0.2) is 27.9 Å². The first-order valence-electron chi connectivity index (χ1n) is 5.46. The smallest absolute Gasteiger partial charge is 0.421 e. The first-order valence-corrected chi connectivity index (χ1v) is 8.34. The molecule has 0 fully saturated rings. The summed E-state index contributed by atoms with van der Waals surface area (Å²) in [6.45, 7) is 2.13. The first-order chi connectivity index (χ1) is 10.1. The fraction of sp³-hybridized carbons (Fsp3) is 0.444. The number of nitrogens with zero attached hydrogens (tertiary/aromatic N) is 1. The van der Waals surface area contributed by atoms with Crippen molar-refractivity contribution in [3.05, 3.63) is 34.2 Å². The van der Waals surface area contributed by atoms with Crippen molar-refractivity contribution >= 4 is 20.0 Å². The minimum absolute atomic E-state index is 0.778. The molecule has 0 aliphatic heterocycles. The van der Waals surface area contributed by atoms with Crippen molar-refractivity contribution in [2.45, 2.75) is 24.4 Å². The maximum absolute atomic E-state index is 11.4. The Morgan fingerprint density at radius 3 is 1.61 bits per heavy atom. The lowest BCUT2D eigenvalue weighted by molar-refractivity contribution is -0.389. The number of nitrogens with one attached hydrogen (secondary N) is 1. The molecule has 0 aliphatic carbocycles. The molecule has 0 spiro atoms. The number of alkyl halides is 6. The molecule has 0 aromatic carbocycles. The van der Waals surface area contributed by atoms with Crippen LogP contribution in [0.1, 0.15) is 12.6 Å². The van der Waals surface area contributed by atoms with Gasteiger partial charge in [0.1, 0.15) is 0 Å². The molecule has 134 valence electrons. The van der Waals surface area contributed by atoms with Crippen LogP contribution < -0.4 is 4.98 Å². The number of H-pyrrole nitrogens is 1. The third kappa shape index (κ3) is 6.70. The zero-order chi connectivity index (χ0) is 18.5. The van der Waals surface area contributed by atoms with Gasteiger partial charge in [-0.2, -0.15) is 26.3 Å². The van der Waals surface area contributed by atoms with Crippen LogP contribution in [0.25, 0.3) is 4.13 Å². The summed E-state index contributed by atoms with van der Waals surface area (Å²) in [6.07, 6.45) is 3.03.